The molecule has 0 bridgehead atoms. The number of hydrogen-bond acceptors (Lipinski definition) is 4. The summed E-state index contributed by atoms with van der Waals surface area (Å²) in [7, 11) is -2.35. The zero-order chi connectivity index (χ0) is 16.1. The molecule has 116 valence electrons. The lowest BCUT2D eigenvalue weighted by atomic mass is 10.3. The Hall–Kier alpha value is -1.62. The van der Waals surface area contributed by atoms with Gasteiger partial charge in [0.25, 0.3) is 10.1 Å². The summed E-state index contributed by atoms with van der Waals surface area (Å²) in [6.07, 6.45) is -1.63. The summed E-state index contributed by atoms with van der Waals surface area (Å²) in [5.74, 6) is -2.39. The van der Waals surface area contributed by atoms with E-state index < -0.39 is 27.5 Å². The van der Waals surface area contributed by atoms with Crippen LogP contribution in [-0.2, 0) is 22.0 Å². The molecule has 0 saturated carbocycles. The number of aryl methyl sites for hydroxylation is 1. The van der Waals surface area contributed by atoms with Crippen molar-refractivity contribution in [1.29, 1.82) is 0 Å². The van der Waals surface area contributed by atoms with Gasteiger partial charge < -0.3 is 9.67 Å². The molecule has 0 aliphatic carbocycles. The predicted octanol–water partition coefficient (Wildman–Crippen LogP) is 1.39. The van der Waals surface area contributed by atoms with Crippen LogP contribution in [0.3, 0.4) is 0 Å². The molecule has 1 unspecified atom stereocenters. The lowest BCUT2D eigenvalue weighted by Gasteiger charge is -2.10. The van der Waals surface area contributed by atoms with Crippen molar-refractivity contribution in [3.8, 4) is 0 Å². The number of hydrogen-bond donors (Lipinski definition) is 2. The highest BCUT2D eigenvalue weighted by Crippen LogP contribution is 2.22. The van der Waals surface area contributed by atoms with E-state index in [0.29, 0.717) is 12.2 Å². The molecule has 0 fully saturated rings. The van der Waals surface area contributed by atoms with Crippen LogP contribution in [0.25, 0.3) is 0 Å². The van der Waals surface area contributed by atoms with Crippen LogP contribution in [-0.4, -0.2) is 39.8 Å². The number of carboxylic acids is 1. The Morgan fingerprint density at radius 3 is 2.15 bits per heavy atom. The molecule has 2 N–H and O–H groups in total. The third-order valence-electron chi connectivity index (χ3n) is 2.12. The summed E-state index contributed by atoms with van der Waals surface area (Å²) < 4.78 is 64.0. The van der Waals surface area contributed by atoms with Crippen molar-refractivity contribution in [1.82, 2.24) is 9.55 Å². The quantitative estimate of drug-likeness (QED) is 0.815. The number of alkyl halides is 3. The third kappa shape index (κ3) is 5.57. The number of nitrogens with zero attached hydrogens (tertiary/aromatic N) is 2. The first kappa shape index (κ1) is 18.4. The molecule has 0 aliphatic heterocycles. The van der Waals surface area contributed by atoms with Crippen molar-refractivity contribution in [3.05, 3.63) is 18.2 Å². The second-order valence-electron chi connectivity index (χ2n) is 3.61. The molecule has 1 aromatic rings. The molecule has 1 rings (SSSR count). The average Bonchev–Trinajstić information content (AvgIpc) is 2.63. The van der Waals surface area contributed by atoms with E-state index in [0.717, 1.165) is 0 Å². The van der Waals surface area contributed by atoms with Crippen molar-refractivity contribution in [2.24, 2.45) is 7.05 Å². The molecule has 0 amide bonds. The second-order valence-corrected chi connectivity index (χ2v) is 5.21. The van der Waals surface area contributed by atoms with Gasteiger partial charge in [0.2, 0.25) is 0 Å². The van der Waals surface area contributed by atoms with Gasteiger partial charge in [-0.15, -0.1) is 0 Å². The average molecular weight is 318 g/mol. The maximum atomic E-state index is 10.9. The van der Waals surface area contributed by atoms with E-state index in [-0.39, 0.29) is 0 Å². The topological polar surface area (TPSA) is 109 Å². The Bertz CT molecular complexity index is 552. The van der Waals surface area contributed by atoms with Gasteiger partial charge in [0.15, 0.2) is 0 Å². The van der Waals surface area contributed by atoms with Crippen molar-refractivity contribution >= 4 is 16.1 Å². The Kier molecular flexibility index (Phi) is 6.16. The van der Waals surface area contributed by atoms with E-state index in [9.17, 15) is 21.6 Å². The zero-order valence-corrected chi connectivity index (χ0v) is 11.3. The van der Waals surface area contributed by atoms with Crippen LogP contribution >= 0.6 is 0 Å². The first-order valence-corrected chi connectivity index (χ1v) is 6.65. The molecule has 1 atom stereocenters. The summed E-state index contributed by atoms with van der Waals surface area (Å²) in [5.41, 5.74) is 0. The fourth-order valence-corrected chi connectivity index (χ4v) is 2.13. The number of imidazole rings is 1. The van der Waals surface area contributed by atoms with Crippen LogP contribution in [0.15, 0.2) is 12.4 Å². The fraction of sp³-hybridized carbons (Fsp3) is 0.556. The lowest BCUT2D eigenvalue weighted by Crippen LogP contribution is -2.21. The molecule has 20 heavy (non-hydrogen) atoms. The zero-order valence-electron chi connectivity index (χ0n) is 10.5. The minimum atomic E-state index is -5.08. The largest absolute Gasteiger partial charge is 0.490 e. The van der Waals surface area contributed by atoms with Crippen LogP contribution in [0, 0.1) is 0 Å². The van der Waals surface area contributed by atoms with Crippen molar-refractivity contribution < 1.29 is 36.0 Å². The van der Waals surface area contributed by atoms with Gasteiger partial charge in [-0.05, 0) is 6.42 Å². The van der Waals surface area contributed by atoms with Gasteiger partial charge in [0, 0.05) is 19.4 Å². The smallest absolute Gasteiger partial charge is 0.475 e. The van der Waals surface area contributed by atoms with Crippen LogP contribution in [0.5, 0.6) is 0 Å². The van der Waals surface area contributed by atoms with Crippen LogP contribution in [0.2, 0.25) is 0 Å². The van der Waals surface area contributed by atoms with E-state index in [2.05, 4.69) is 4.98 Å². The van der Waals surface area contributed by atoms with Gasteiger partial charge in [-0.1, -0.05) is 6.92 Å². The summed E-state index contributed by atoms with van der Waals surface area (Å²) in [4.78, 5) is 12.8. The molecular formula is C9H13F3N2O5S. The van der Waals surface area contributed by atoms with E-state index in [1.807, 2.05) is 0 Å². The number of aliphatic carboxylic acids is 1. The molecule has 7 nitrogen and oxygen atoms in total. The maximum absolute atomic E-state index is 10.9. The van der Waals surface area contributed by atoms with Gasteiger partial charge in [0.05, 0.1) is 0 Å². The number of aromatic nitrogens is 2. The number of rotatable bonds is 3. The minimum Gasteiger partial charge on any atom is -0.475 e. The highest BCUT2D eigenvalue weighted by atomic mass is 32.2. The molecule has 11 heteroatoms. The van der Waals surface area contributed by atoms with Gasteiger partial charge in [-0.3, -0.25) is 4.55 Å². The standard InChI is InChI=1S/C7H12N2O3S.C2HF3O2/c1-3-6(13(10,11)12)7-8-4-5-9(7)2;3-2(4,5)1(6)7/h4-6H,3H2,1-2H3,(H,10,11,12);(H,6,7). The monoisotopic (exact) mass is 318 g/mol. The van der Waals surface area contributed by atoms with Gasteiger partial charge >= 0.3 is 12.1 Å². The van der Waals surface area contributed by atoms with Crippen molar-refractivity contribution in [2.75, 3.05) is 0 Å². The van der Waals surface area contributed by atoms with E-state index in [1.165, 1.54) is 6.20 Å². The fourth-order valence-electron chi connectivity index (χ4n) is 1.21. The summed E-state index contributed by atoms with van der Waals surface area (Å²) in [6, 6.07) is 0. The second kappa shape index (κ2) is 6.70. The molecule has 1 aromatic heterocycles. The first-order valence-electron chi connectivity index (χ1n) is 5.14. The van der Waals surface area contributed by atoms with Crippen LogP contribution in [0.1, 0.15) is 24.4 Å². The van der Waals surface area contributed by atoms with E-state index >= 15 is 0 Å². The summed E-state index contributed by atoms with van der Waals surface area (Å²) in [6.45, 7) is 1.69. The number of carboxylic acid groups (broad SMARTS) is 1. The van der Waals surface area contributed by atoms with Gasteiger partial charge in [-0.25, -0.2) is 9.78 Å². The Balaban J connectivity index is 0.000000441. The predicted molar refractivity (Wildman–Crippen MR) is 61.5 cm³/mol. The van der Waals surface area contributed by atoms with Gasteiger partial charge in [0.1, 0.15) is 11.1 Å². The highest BCUT2D eigenvalue weighted by Gasteiger charge is 2.38. The first-order chi connectivity index (χ1) is 8.91. The van der Waals surface area contributed by atoms with Crippen LogP contribution in [0.4, 0.5) is 13.2 Å². The van der Waals surface area contributed by atoms with E-state index in [1.54, 1.807) is 24.7 Å². The molecule has 0 spiro atoms. The SMILES string of the molecule is CCC(c1nccn1C)S(=O)(=O)O.O=C(O)C(F)(F)F. The Morgan fingerprint density at radius 1 is 1.50 bits per heavy atom. The summed E-state index contributed by atoms with van der Waals surface area (Å²) in [5, 5.41) is 6.20. The maximum Gasteiger partial charge on any atom is 0.490 e. The van der Waals surface area contributed by atoms with Crippen molar-refractivity contribution in [3.63, 3.8) is 0 Å². The van der Waals surface area contributed by atoms with Gasteiger partial charge in [-0.2, -0.15) is 21.6 Å². The van der Waals surface area contributed by atoms with E-state index in [4.69, 9.17) is 14.5 Å². The number of halogens is 3. The molecule has 0 aromatic carbocycles. The Morgan fingerprint density at radius 2 is 1.95 bits per heavy atom. The lowest BCUT2D eigenvalue weighted by molar-refractivity contribution is -0.192. The molecule has 0 radical (unpaired) electrons. The highest BCUT2D eigenvalue weighted by molar-refractivity contribution is 7.86. The minimum absolute atomic E-state index is 0.309. The molecule has 1 heterocycles. The molecule has 0 aliphatic rings. The third-order valence-corrected chi connectivity index (χ3v) is 3.38. The molecule has 0 saturated heterocycles. The van der Waals surface area contributed by atoms with Crippen molar-refractivity contribution in [2.45, 2.75) is 24.8 Å². The Labute approximate surface area is 112 Å². The van der Waals surface area contributed by atoms with Crippen LogP contribution < -0.4 is 0 Å². The normalized spacial score (nSPS) is 13.3. The molecular weight excluding hydrogens is 305 g/mol. The number of carbonyl (C=O) groups is 1. The summed E-state index contributed by atoms with van der Waals surface area (Å²) >= 11 is 0.